The number of hydrogen-bond donors (Lipinski definition) is 1. The average Bonchev–Trinajstić information content (AvgIpc) is 2.32. The molecule has 1 atom stereocenters. The molecule has 0 saturated heterocycles. The quantitative estimate of drug-likeness (QED) is 0.805. The van der Waals surface area contributed by atoms with Gasteiger partial charge in [-0.1, -0.05) is 36.8 Å². The lowest BCUT2D eigenvalue weighted by atomic mass is 9.94. The largest absolute Gasteiger partial charge is 0.376 e. The first kappa shape index (κ1) is 16.2. The normalized spacial score (nSPS) is 13.5. The van der Waals surface area contributed by atoms with Crippen LogP contribution in [0.2, 0.25) is 0 Å². The van der Waals surface area contributed by atoms with Crippen LogP contribution in [0.4, 0.5) is 0 Å². The van der Waals surface area contributed by atoms with Crippen LogP contribution in [0.25, 0.3) is 0 Å². The van der Waals surface area contributed by atoms with Gasteiger partial charge in [0.2, 0.25) is 0 Å². The van der Waals surface area contributed by atoms with Crippen molar-refractivity contribution in [2.45, 2.75) is 52.6 Å². The molecule has 0 amide bonds. The van der Waals surface area contributed by atoms with Gasteiger partial charge in [0.15, 0.2) is 0 Å². The van der Waals surface area contributed by atoms with E-state index in [2.05, 4.69) is 64.2 Å². The van der Waals surface area contributed by atoms with E-state index in [1.54, 1.807) is 0 Å². The second kappa shape index (κ2) is 7.66. The van der Waals surface area contributed by atoms with Crippen LogP contribution in [0, 0.1) is 6.92 Å². The van der Waals surface area contributed by atoms with Crippen LogP contribution in [0.15, 0.2) is 24.3 Å². The molecule has 0 saturated carbocycles. The third-order valence-electron chi connectivity index (χ3n) is 3.16. The molecule has 108 valence electrons. The van der Waals surface area contributed by atoms with Crippen molar-refractivity contribution >= 4 is 0 Å². The van der Waals surface area contributed by atoms with Crippen molar-refractivity contribution < 1.29 is 4.74 Å². The molecule has 1 aromatic rings. The van der Waals surface area contributed by atoms with E-state index in [-0.39, 0.29) is 5.60 Å². The maximum atomic E-state index is 5.86. The standard InChI is InChI=1S/C17H29NO/c1-6-18-13-16(10-11-19-17(3,4)5)15-9-7-8-14(2)12-15/h7-9,12,16,18H,6,10-11,13H2,1-5H3. The molecule has 1 unspecified atom stereocenters. The Bertz CT molecular complexity index is 368. The van der Waals surface area contributed by atoms with Crippen LogP contribution in [0.5, 0.6) is 0 Å². The number of ether oxygens (including phenoxy) is 1. The molecule has 0 fully saturated rings. The van der Waals surface area contributed by atoms with Crippen LogP contribution < -0.4 is 5.32 Å². The molecule has 1 rings (SSSR count). The SMILES string of the molecule is CCNCC(CCOC(C)(C)C)c1cccc(C)c1. The van der Waals surface area contributed by atoms with Crippen molar-refractivity contribution in [1.82, 2.24) is 5.32 Å². The van der Waals surface area contributed by atoms with Gasteiger partial charge < -0.3 is 10.1 Å². The molecule has 0 aromatic heterocycles. The monoisotopic (exact) mass is 263 g/mol. The minimum atomic E-state index is -0.0463. The highest BCUT2D eigenvalue weighted by Gasteiger charge is 2.14. The number of benzene rings is 1. The maximum Gasteiger partial charge on any atom is 0.0598 e. The zero-order chi connectivity index (χ0) is 14.3. The third-order valence-corrected chi connectivity index (χ3v) is 3.16. The lowest BCUT2D eigenvalue weighted by Gasteiger charge is -2.23. The highest BCUT2D eigenvalue weighted by Crippen LogP contribution is 2.21. The molecule has 2 nitrogen and oxygen atoms in total. The lowest BCUT2D eigenvalue weighted by Crippen LogP contribution is -2.25. The number of nitrogens with one attached hydrogen (secondary N) is 1. The predicted molar refractivity (Wildman–Crippen MR) is 82.8 cm³/mol. The van der Waals surface area contributed by atoms with Crippen LogP contribution >= 0.6 is 0 Å². The van der Waals surface area contributed by atoms with Gasteiger partial charge in [0.05, 0.1) is 5.60 Å². The first-order chi connectivity index (χ1) is 8.92. The third kappa shape index (κ3) is 6.74. The molecule has 19 heavy (non-hydrogen) atoms. The van der Waals surface area contributed by atoms with Crippen molar-refractivity contribution in [3.05, 3.63) is 35.4 Å². The Morgan fingerprint density at radius 3 is 2.58 bits per heavy atom. The average molecular weight is 263 g/mol. The van der Waals surface area contributed by atoms with Gasteiger partial charge in [0, 0.05) is 13.2 Å². The van der Waals surface area contributed by atoms with Crippen LogP contribution in [0.3, 0.4) is 0 Å². The smallest absolute Gasteiger partial charge is 0.0598 e. The van der Waals surface area contributed by atoms with Crippen LogP contribution in [0.1, 0.15) is 51.2 Å². The molecule has 0 heterocycles. The molecule has 1 N–H and O–H groups in total. The Labute approximate surface area is 118 Å². The molecule has 0 spiro atoms. The first-order valence-electron chi connectivity index (χ1n) is 7.33. The highest BCUT2D eigenvalue weighted by atomic mass is 16.5. The maximum absolute atomic E-state index is 5.86. The zero-order valence-electron chi connectivity index (χ0n) is 13.1. The van der Waals surface area contributed by atoms with Crippen molar-refractivity contribution in [2.24, 2.45) is 0 Å². The first-order valence-corrected chi connectivity index (χ1v) is 7.33. The summed E-state index contributed by atoms with van der Waals surface area (Å²) in [7, 11) is 0. The Kier molecular flexibility index (Phi) is 6.53. The fourth-order valence-corrected chi connectivity index (χ4v) is 2.14. The molecule has 0 aliphatic carbocycles. The molecular formula is C17H29NO. The number of likely N-dealkylation sites (N-methyl/N-ethyl adjacent to an activating group) is 1. The van der Waals surface area contributed by atoms with Gasteiger partial charge in [-0.25, -0.2) is 0 Å². The predicted octanol–water partition coefficient (Wildman–Crippen LogP) is 3.89. The van der Waals surface area contributed by atoms with Crippen LogP contribution in [-0.2, 0) is 4.74 Å². The van der Waals surface area contributed by atoms with Gasteiger partial charge in [0.1, 0.15) is 0 Å². The van der Waals surface area contributed by atoms with E-state index in [1.165, 1.54) is 11.1 Å². The summed E-state index contributed by atoms with van der Waals surface area (Å²) in [4.78, 5) is 0. The van der Waals surface area contributed by atoms with E-state index in [0.717, 1.165) is 26.1 Å². The minimum absolute atomic E-state index is 0.0463. The van der Waals surface area contributed by atoms with Gasteiger partial charge in [-0.3, -0.25) is 0 Å². The topological polar surface area (TPSA) is 21.3 Å². The van der Waals surface area contributed by atoms with Gasteiger partial charge in [0.25, 0.3) is 0 Å². The van der Waals surface area contributed by atoms with E-state index in [0.29, 0.717) is 5.92 Å². The van der Waals surface area contributed by atoms with Crippen molar-refractivity contribution in [3.8, 4) is 0 Å². The Hall–Kier alpha value is -0.860. The Morgan fingerprint density at radius 1 is 1.26 bits per heavy atom. The molecule has 0 aliphatic rings. The van der Waals surface area contributed by atoms with Gasteiger partial charge in [-0.05, 0) is 52.1 Å². The summed E-state index contributed by atoms with van der Waals surface area (Å²) in [6.45, 7) is 13.5. The summed E-state index contributed by atoms with van der Waals surface area (Å²) < 4.78 is 5.86. The second-order valence-electron chi connectivity index (χ2n) is 6.17. The van der Waals surface area contributed by atoms with Gasteiger partial charge in [-0.15, -0.1) is 0 Å². The fourth-order valence-electron chi connectivity index (χ4n) is 2.14. The number of hydrogen-bond acceptors (Lipinski definition) is 2. The summed E-state index contributed by atoms with van der Waals surface area (Å²) >= 11 is 0. The van der Waals surface area contributed by atoms with Gasteiger partial charge in [-0.2, -0.15) is 0 Å². The number of aryl methyl sites for hydroxylation is 1. The second-order valence-corrected chi connectivity index (χ2v) is 6.17. The van der Waals surface area contributed by atoms with E-state index < -0.39 is 0 Å². The summed E-state index contributed by atoms with van der Waals surface area (Å²) in [5.41, 5.74) is 2.70. The Balaban J connectivity index is 2.61. The van der Waals surface area contributed by atoms with E-state index in [4.69, 9.17) is 4.74 Å². The summed E-state index contributed by atoms with van der Waals surface area (Å²) in [5.74, 6) is 0.530. The molecule has 2 heteroatoms. The van der Waals surface area contributed by atoms with E-state index in [1.807, 2.05) is 0 Å². The summed E-state index contributed by atoms with van der Waals surface area (Å²) in [6, 6.07) is 8.82. The molecule has 0 aliphatic heterocycles. The summed E-state index contributed by atoms with van der Waals surface area (Å²) in [6.07, 6.45) is 1.06. The van der Waals surface area contributed by atoms with Crippen molar-refractivity contribution in [3.63, 3.8) is 0 Å². The molecular weight excluding hydrogens is 234 g/mol. The van der Waals surface area contributed by atoms with Crippen LogP contribution in [-0.4, -0.2) is 25.3 Å². The highest BCUT2D eigenvalue weighted by molar-refractivity contribution is 5.25. The van der Waals surface area contributed by atoms with E-state index >= 15 is 0 Å². The molecule has 0 bridgehead atoms. The zero-order valence-corrected chi connectivity index (χ0v) is 13.1. The van der Waals surface area contributed by atoms with Crippen molar-refractivity contribution in [1.29, 1.82) is 0 Å². The molecule has 0 radical (unpaired) electrons. The molecule has 1 aromatic carbocycles. The number of rotatable bonds is 7. The fraction of sp³-hybridized carbons (Fsp3) is 0.647. The Morgan fingerprint density at radius 2 is 2.00 bits per heavy atom. The lowest BCUT2D eigenvalue weighted by molar-refractivity contribution is -0.00622. The minimum Gasteiger partial charge on any atom is -0.376 e. The summed E-state index contributed by atoms with van der Waals surface area (Å²) in [5, 5.41) is 3.46. The van der Waals surface area contributed by atoms with E-state index in [9.17, 15) is 0 Å². The van der Waals surface area contributed by atoms with Gasteiger partial charge >= 0.3 is 0 Å². The van der Waals surface area contributed by atoms with Crippen molar-refractivity contribution in [2.75, 3.05) is 19.7 Å².